The molecule has 0 bridgehead atoms. The molecular weight excluding hydrogens is 184 g/mol. The lowest BCUT2D eigenvalue weighted by atomic mass is 9.68. The fourth-order valence-electron chi connectivity index (χ4n) is 3.79. The summed E-state index contributed by atoms with van der Waals surface area (Å²) in [6.07, 6.45) is 10.3. The molecule has 2 aliphatic carbocycles. The summed E-state index contributed by atoms with van der Waals surface area (Å²) in [6, 6.07) is 0.734. The molecule has 1 unspecified atom stereocenters. The lowest BCUT2D eigenvalue weighted by Crippen LogP contribution is -2.62. The van der Waals surface area contributed by atoms with E-state index < -0.39 is 0 Å². The Labute approximate surface area is 93.2 Å². The molecule has 2 N–H and O–H groups in total. The van der Waals surface area contributed by atoms with Crippen molar-refractivity contribution in [1.29, 1.82) is 0 Å². The molecule has 15 heavy (non-hydrogen) atoms. The third kappa shape index (κ3) is 1.83. The van der Waals surface area contributed by atoms with Gasteiger partial charge in [0.2, 0.25) is 0 Å². The highest BCUT2D eigenvalue weighted by molar-refractivity contribution is 5.02. The van der Waals surface area contributed by atoms with Crippen LogP contribution in [0.3, 0.4) is 0 Å². The summed E-state index contributed by atoms with van der Waals surface area (Å²) in [5.74, 6) is 0.955. The van der Waals surface area contributed by atoms with Crippen LogP contribution in [0.5, 0.6) is 0 Å². The Bertz CT molecular complexity index is 221. The van der Waals surface area contributed by atoms with Crippen molar-refractivity contribution in [3.8, 4) is 0 Å². The average Bonchev–Trinajstić information content (AvgIpc) is 3.02. The van der Waals surface area contributed by atoms with Crippen molar-refractivity contribution in [2.45, 2.75) is 51.0 Å². The van der Waals surface area contributed by atoms with Crippen LogP contribution < -0.4 is 5.73 Å². The van der Waals surface area contributed by atoms with Crippen LogP contribution in [-0.4, -0.2) is 30.6 Å². The minimum Gasteiger partial charge on any atom is -0.329 e. The maximum Gasteiger partial charge on any atom is 0.0247 e. The third-order valence-electron chi connectivity index (χ3n) is 4.87. The molecule has 0 aromatic carbocycles. The molecule has 0 aromatic rings. The molecule has 1 aliphatic heterocycles. The first kappa shape index (κ1) is 10.1. The quantitative estimate of drug-likeness (QED) is 0.768. The topological polar surface area (TPSA) is 29.3 Å². The van der Waals surface area contributed by atoms with Crippen molar-refractivity contribution >= 4 is 0 Å². The van der Waals surface area contributed by atoms with E-state index in [1.807, 2.05) is 0 Å². The highest BCUT2D eigenvalue weighted by Gasteiger charge is 2.48. The van der Waals surface area contributed by atoms with Crippen molar-refractivity contribution in [1.82, 2.24) is 4.90 Å². The Morgan fingerprint density at radius 1 is 1.13 bits per heavy atom. The largest absolute Gasteiger partial charge is 0.329 e. The molecule has 3 rings (SSSR count). The second kappa shape index (κ2) is 3.74. The first-order valence-electron chi connectivity index (χ1n) is 6.77. The van der Waals surface area contributed by atoms with E-state index in [4.69, 9.17) is 5.73 Å². The molecule has 0 radical (unpaired) electrons. The van der Waals surface area contributed by atoms with E-state index in [0.29, 0.717) is 0 Å². The summed E-state index contributed by atoms with van der Waals surface area (Å²) in [6.45, 7) is 3.62. The zero-order valence-corrected chi connectivity index (χ0v) is 9.75. The van der Waals surface area contributed by atoms with E-state index in [2.05, 4.69) is 4.90 Å². The van der Waals surface area contributed by atoms with Crippen molar-refractivity contribution in [3.05, 3.63) is 0 Å². The molecule has 1 spiro atoms. The molecular formula is C13H24N2. The number of hydrogen-bond donors (Lipinski definition) is 1. The molecule has 1 atom stereocenters. The van der Waals surface area contributed by atoms with Gasteiger partial charge in [0, 0.05) is 25.7 Å². The van der Waals surface area contributed by atoms with E-state index >= 15 is 0 Å². The van der Waals surface area contributed by atoms with E-state index in [9.17, 15) is 0 Å². The number of nitrogens with zero attached hydrogens (tertiary/aromatic N) is 1. The van der Waals surface area contributed by atoms with Crippen LogP contribution in [0.4, 0.5) is 0 Å². The summed E-state index contributed by atoms with van der Waals surface area (Å²) in [5.41, 5.74) is 6.64. The molecule has 2 heteroatoms. The molecule has 86 valence electrons. The Kier molecular flexibility index (Phi) is 2.52. The Balaban J connectivity index is 1.55. The van der Waals surface area contributed by atoms with Crippen molar-refractivity contribution in [3.63, 3.8) is 0 Å². The van der Waals surface area contributed by atoms with Gasteiger partial charge in [-0.3, -0.25) is 4.90 Å². The van der Waals surface area contributed by atoms with Gasteiger partial charge in [-0.05, 0) is 37.0 Å². The Morgan fingerprint density at radius 2 is 1.80 bits per heavy atom. The van der Waals surface area contributed by atoms with Crippen molar-refractivity contribution < 1.29 is 0 Å². The summed E-state index contributed by atoms with van der Waals surface area (Å²) >= 11 is 0. The van der Waals surface area contributed by atoms with Crippen LogP contribution in [0.15, 0.2) is 0 Å². The minimum atomic E-state index is 0.734. The lowest BCUT2D eigenvalue weighted by molar-refractivity contribution is -0.0577. The van der Waals surface area contributed by atoms with Gasteiger partial charge in [-0.1, -0.05) is 19.3 Å². The summed E-state index contributed by atoms with van der Waals surface area (Å²) in [7, 11) is 0. The number of hydrogen-bond acceptors (Lipinski definition) is 2. The standard InChI is InChI=1S/C13H24N2/c14-8-12(11-4-5-11)15-9-13(10-15)6-2-1-3-7-13/h11-12H,1-10,14H2. The lowest BCUT2D eigenvalue weighted by Gasteiger charge is -2.55. The zero-order valence-electron chi connectivity index (χ0n) is 9.75. The number of rotatable bonds is 3. The normalized spacial score (nSPS) is 32.6. The highest BCUT2D eigenvalue weighted by atomic mass is 15.2. The minimum absolute atomic E-state index is 0.734. The summed E-state index contributed by atoms with van der Waals surface area (Å²) < 4.78 is 0. The molecule has 2 saturated carbocycles. The average molecular weight is 208 g/mol. The monoisotopic (exact) mass is 208 g/mol. The summed E-state index contributed by atoms with van der Waals surface area (Å²) in [5, 5.41) is 0. The van der Waals surface area contributed by atoms with Gasteiger partial charge >= 0.3 is 0 Å². The first-order chi connectivity index (χ1) is 7.33. The first-order valence-corrected chi connectivity index (χ1v) is 6.77. The van der Waals surface area contributed by atoms with E-state index in [0.717, 1.165) is 23.9 Å². The highest BCUT2D eigenvalue weighted by Crippen LogP contribution is 2.47. The van der Waals surface area contributed by atoms with Gasteiger partial charge in [0.25, 0.3) is 0 Å². The van der Waals surface area contributed by atoms with Gasteiger partial charge in [-0.2, -0.15) is 0 Å². The Hall–Kier alpha value is -0.0800. The number of likely N-dealkylation sites (tertiary alicyclic amines) is 1. The molecule has 0 aromatic heterocycles. The van der Waals surface area contributed by atoms with Crippen LogP contribution in [0.25, 0.3) is 0 Å². The van der Waals surface area contributed by atoms with E-state index in [1.54, 1.807) is 0 Å². The Morgan fingerprint density at radius 3 is 2.33 bits per heavy atom. The maximum absolute atomic E-state index is 5.90. The van der Waals surface area contributed by atoms with Crippen molar-refractivity contribution in [2.24, 2.45) is 17.1 Å². The fourth-order valence-corrected chi connectivity index (χ4v) is 3.79. The summed E-state index contributed by atoms with van der Waals surface area (Å²) in [4.78, 5) is 2.68. The molecule has 0 amide bonds. The second-order valence-electron chi connectivity index (χ2n) is 6.11. The third-order valence-corrected chi connectivity index (χ3v) is 4.87. The zero-order chi connectivity index (χ0) is 10.3. The van der Waals surface area contributed by atoms with Crippen LogP contribution in [0, 0.1) is 11.3 Å². The van der Waals surface area contributed by atoms with Gasteiger partial charge in [0.05, 0.1) is 0 Å². The predicted octanol–water partition coefficient (Wildman–Crippen LogP) is 1.99. The second-order valence-corrected chi connectivity index (χ2v) is 6.11. The van der Waals surface area contributed by atoms with Crippen LogP contribution in [0.1, 0.15) is 44.9 Å². The van der Waals surface area contributed by atoms with Crippen LogP contribution >= 0.6 is 0 Å². The SMILES string of the molecule is NCC(C1CC1)N1CC2(CCCCC2)C1. The van der Waals surface area contributed by atoms with E-state index in [-0.39, 0.29) is 0 Å². The molecule has 1 saturated heterocycles. The van der Waals surface area contributed by atoms with Gasteiger partial charge in [0.15, 0.2) is 0 Å². The van der Waals surface area contributed by atoms with E-state index in [1.165, 1.54) is 58.0 Å². The van der Waals surface area contributed by atoms with Gasteiger partial charge in [-0.25, -0.2) is 0 Å². The molecule has 3 fully saturated rings. The fraction of sp³-hybridized carbons (Fsp3) is 1.00. The number of nitrogens with two attached hydrogens (primary N) is 1. The molecule has 1 heterocycles. The van der Waals surface area contributed by atoms with Gasteiger partial charge < -0.3 is 5.73 Å². The molecule has 2 nitrogen and oxygen atoms in total. The van der Waals surface area contributed by atoms with Gasteiger partial charge in [0.1, 0.15) is 0 Å². The van der Waals surface area contributed by atoms with Crippen molar-refractivity contribution in [2.75, 3.05) is 19.6 Å². The predicted molar refractivity (Wildman–Crippen MR) is 62.7 cm³/mol. The van der Waals surface area contributed by atoms with Crippen LogP contribution in [0.2, 0.25) is 0 Å². The molecule has 3 aliphatic rings. The van der Waals surface area contributed by atoms with Gasteiger partial charge in [-0.15, -0.1) is 0 Å². The smallest absolute Gasteiger partial charge is 0.0247 e. The maximum atomic E-state index is 5.90. The van der Waals surface area contributed by atoms with Crippen LogP contribution in [-0.2, 0) is 0 Å².